The highest BCUT2D eigenvalue weighted by Crippen LogP contribution is 2.41. The number of nitrogens with two attached hydrogens (primary N) is 1. The molecule has 0 saturated carbocycles. The molecular weight excluding hydrogens is 402 g/mol. The molecule has 1 aliphatic heterocycles. The zero-order chi connectivity index (χ0) is 18.0. The van der Waals surface area contributed by atoms with Crippen LogP contribution in [-0.2, 0) is 4.74 Å². The summed E-state index contributed by atoms with van der Waals surface area (Å²) >= 11 is 4.94. The molecule has 2 heterocycles. The number of nitrogens with zero attached hydrogens (tertiary/aromatic N) is 1. The Morgan fingerprint density at radius 1 is 1.44 bits per heavy atom. The van der Waals surface area contributed by atoms with Crippen molar-refractivity contribution in [2.75, 3.05) is 7.11 Å². The van der Waals surface area contributed by atoms with Gasteiger partial charge >= 0.3 is 0 Å². The maximum absolute atomic E-state index is 9.54. The van der Waals surface area contributed by atoms with Crippen LogP contribution in [0.15, 0.2) is 57.6 Å². The van der Waals surface area contributed by atoms with Crippen molar-refractivity contribution in [3.63, 3.8) is 0 Å². The average Bonchev–Trinajstić information content (AvgIpc) is 3.15. The Bertz CT molecular complexity index is 926. The quantitative estimate of drug-likeness (QED) is 0.777. The SMILES string of the molecule is COc1ccc(C2C(C#N)=COC(=N)/C2=C(\N)c2cccs2)cc1Br. The molecule has 0 amide bonds. The zero-order valence-electron chi connectivity index (χ0n) is 13.2. The van der Waals surface area contributed by atoms with Crippen LogP contribution in [0.3, 0.4) is 0 Å². The van der Waals surface area contributed by atoms with Crippen molar-refractivity contribution in [1.29, 1.82) is 10.7 Å². The van der Waals surface area contributed by atoms with Gasteiger partial charge < -0.3 is 15.2 Å². The van der Waals surface area contributed by atoms with Crippen LogP contribution in [0.1, 0.15) is 16.4 Å². The van der Waals surface area contributed by atoms with E-state index in [0.29, 0.717) is 22.6 Å². The van der Waals surface area contributed by atoms with Gasteiger partial charge in [-0.05, 0) is 45.1 Å². The number of halogens is 1. The van der Waals surface area contributed by atoms with Gasteiger partial charge in [0, 0.05) is 0 Å². The summed E-state index contributed by atoms with van der Waals surface area (Å²) < 4.78 is 11.3. The van der Waals surface area contributed by atoms with Crippen molar-refractivity contribution in [3.8, 4) is 11.8 Å². The molecule has 5 nitrogen and oxygen atoms in total. The van der Waals surface area contributed by atoms with Crippen LogP contribution in [0.4, 0.5) is 0 Å². The fourth-order valence-electron chi connectivity index (χ4n) is 2.68. The smallest absolute Gasteiger partial charge is 0.217 e. The fraction of sp³-hybridized carbons (Fsp3) is 0.111. The van der Waals surface area contributed by atoms with Gasteiger partial charge in [-0.15, -0.1) is 11.3 Å². The third-order valence-electron chi connectivity index (χ3n) is 3.86. The molecule has 1 aromatic heterocycles. The van der Waals surface area contributed by atoms with Gasteiger partial charge in [-0.1, -0.05) is 12.1 Å². The van der Waals surface area contributed by atoms with Crippen LogP contribution in [0.2, 0.25) is 0 Å². The molecule has 1 unspecified atom stereocenters. The highest BCUT2D eigenvalue weighted by molar-refractivity contribution is 9.10. The topological polar surface area (TPSA) is 92.1 Å². The Balaban J connectivity index is 2.21. The second kappa shape index (κ2) is 7.13. The first kappa shape index (κ1) is 17.3. The molecule has 126 valence electrons. The Labute approximate surface area is 157 Å². The second-order valence-electron chi connectivity index (χ2n) is 5.26. The molecule has 3 rings (SSSR count). The predicted molar refractivity (Wildman–Crippen MR) is 101 cm³/mol. The van der Waals surface area contributed by atoms with E-state index in [-0.39, 0.29) is 5.90 Å². The molecule has 0 radical (unpaired) electrons. The fourth-order valence-corrected chi connectivity index (χ4v) is 3.94. The van der Waals surface area contributed by atoms with E-state index in [0.717, 1.165) is 14.9 Å². The van der Waals surface area contributed by atoms with Gasteiger partial charge in [-0.2, -0.15) is 5.26 Å². The first-order valence-electron chi connectivity index (χ1n) is 7.29. The number of ether oxygens (including phenoxy) is 2. The maximum atomic E-state index is 9.54. The van der Waals surface area contributed by atoms with E-state index in [2.05, 4.69) is 22.0 Å². The lowest BCUT2D eigenvalue weighted by molar-refractivity contribution is 0.412. The Morgan fingerprint density at radius 2 is 2.24 bits per heavy atom. The molecule has 1 aromatic carbocycles. The summed E-state index contributed by atoms with van der Waals surface area (Å²) in [4.78, 5) is 0.833. The van der Waals surface area contributed by atoms with Crippen LogP contribution in [0.25, 0.3) is 5.70 Å². The molecule has 25 heavy (non-hydrogen) atoms. The Hall–Kier alpha value is -2.56. The minimum Gasteiger partial charge on any atom is -0.496 e. The molecule has 0 bridgehead atoms. The van der Waals surface area contributed by atoms with Crippen LogP contribution >= 0.6 is 27.3 Å². The van der Waals surface area contributed by atoms with Gasteiger partial charge in [-0.25, -0.2) is 0 Å². The molecule has 2 aromatic rings. The number of rotatable bonds is 3. The van der Waals surface area contributed by atoms with Crippen molar-refractivity contribution in [1.82, 2.24) is 0 Å². The number of methoxy groups -OCH3 is 1. The van der Waals surface area contributed by atoms with E-state index in [9.17, 15) is 5.26 Å². The lowest BCUT2D eigenvalue weighted by atomic mass is 9.83. The summed E-state index contributed by atoms with van der Waals surface area (Å²) in [7, 11) is 1.59. The highest BCUT2D eigenvalue weighted by atomic mass is 79.9. The van der Waals surface area contributed by atoms with Gasteiger partial charge in [0.2, 0.25) is 5.90 Å². The lowest BCUT2D eigenvalue weighted by Gasteiger charge is -2.26. The number of benzene rings is 1. The van der Waals surface area contributed by atoms with Crippen LogP contribution in [-0.4, -0.2) is 13.0 Å². The van der Waals surface area contributed by atoms with Crippen molar-refractivity contribution in [3.05, 3.63) is 68.0 Å². The summed E-state index contributed by atoms with van der Waals surface area (Å²) in [6.07, 6.45) is 1.32. The minimum atomic E-state index is -0.476. The number of nitrogens with one attached hydrogen (secondary N) is 1. The largest absolute Gasteiger partial charge is 0.496 e. The van der Waals surface area contributed by atoms with Crippen LogP contribution < -0.4 is 10.5 Å². The van der Waals surface area contributed by atoms with Gasteiger partial charge in [0.1, 0.15) is 12.0 Å². The Morgan fingerprint density at radius 3 is 2.84 bits per heavy atom. The molecule has 7 heteroatoms. The first-order chi connectivity index (χ1) is 12.1. The minimum absolute atomic E-state index is 0.0539. The average molecular weight is 416 g/mol. The molecule has 0 fully saturated rings. The van der Waals surface area contributed by atoms with E-state index >= 15 is 0 Å². The monoisotopic (exact) mass is 415 g/mol. The van der Waals surface area contributed by atoms with Crippen molar-refractivity contribution in [2.45, 2.75) is 5.92 Å². The molecule has 1 atom stereocenters. The van der Waals surface area contributed by atoms with Gasteiger partial charge in [0.25, 0.3) is 0 Å². The van der Waals surface area contributed by atoms with E-state index < -0.39 is 5.92 Å². The summed E-state index contributed by atoms with van der Waals surface area (Å²) in [5.74, 6) is 0.155. The Kier molecular flexibility index (Phi) is 4.93. The molecule has 0 aliphatic carbocycles. The van der Waals surface area contributed by atoms with Gasteiger partial charge in [-0.3, -0.25) is 5.41 Å². The molecule has 1 aliphatic rings. The zero-order valence-corrected chi connectivity index (χ0v) is 15.6. The molecule has 0 saturated heterocycles. The van der Waals surface area contributed by atoms with Crippen LogP contribution in [0, 0.1) is 16.7 Å². The number of hydrogen-bond donors (Lipinski definition) is 2. The van der Waals surface area contributed by atoms with Gasteiger partial charge in [0.05, 0.1) is 45.3 Å². The number of allylic oxidation sites excluding steroid dienone is 1. The first-order valence-corrected chi connectivity index (χ1v) is 8.96. The third kappa shape index (κ3) is 3.18. The summed E-state index contributed by atoms with van der Waals surface area (Å²) in [5, 5.41) is 19.7. The summed E-state index contributed by atoms with van der Waals surface area (Å²) in [6, 6.07) is 11.5. The normalized spacial score (nSPS) is 18.8. The lowest BCUT2D eigenvalue weighted by Crippen LogP contribution is -2.23. The van der Waals surface area contributed by atoms with Crippen molar-refractivity contribution < 1.29 is 9.47 Å². The summed E-state index contributed by atoms with van der Waals surface area (Å²) in [5.41, 5.74) is 8.48. The molecular formula is C18H14BrN3O2S. The molecule has 0 spiro atoms. The van der Waals surface area contributed by atoms with Crippen LogP contribution in [0.5, 0.6) is 5.75 Å². The number of hydrogen-bond acceptors (Lipinski definition) is 6. The third-order valence-corrected chi connectivity index (χ3v) is 5.39. The molecule has 3 N–H and O–H groups in total. The maximum Gasteiger partial charge on any atom is 0.217 e. The van der Waals surface area contributed by atoms with Crippen molar-refractivity contribution >= 4 is 38.9 Å². The van der Waals surface area contributed by atoms with Crippen molar-refractivity contribution in [2.24, 2.45) is 5.73 Å². The second-order valence-corrected chi connectivity index (χ2v) is 7.07. The van der Waals surface area contributed by atoms with E-state index in [1.54, 1.807) is 7.11 Å². The highest BCUT2D eigenvalue weighted by Gasteiger charge is 2.32. The predicted octanol–water partition coefficient (Wildman–Crippen LogP) is 4.39. The van der Waals surface area contributed by atoms with E-state index in [4.69, 9.17) is 20.6 Å². The van der Waals surface area contributed by atoms with Gasteiger partial charge in [0.15, 0.2) is 0 Å². The van der Waals surface area contributed by atoms with E-state index in [1.807, 2.05) is 35.7 Å². The number of nitriles is 1. The van der Waals surface area contributed by atoms with E-state index in [1.165, 1.54) is 17.6 Å². The standard InChI is InChI=1S/C18H14BrN3O2S/c1-23-13-5-4-10(7-12(13)19)15-11(8-20)9-24-18(22)16(15)17(21)14-3-2-6-25-14/h2-7,9,15,22H,21H2,1H3/b17-16-,22-18?. The summed E-state index contributed by atoms with van der Waals surface area (Å²) in [6.45, 7) is 0. The number of thiophene rings is 1.